The maximum Gasteiger partial charge on any atom is 0.127 e. The molecule has 1 aromatic carbocycles. The Labute approximate surface area is 123 Å². The molecule has 0 aliphatic rings. The fraction of sp³-hybridized carbons (Fsp3) is 0.286. The average Bonchev–Trinajstić information content (AvgIpc) is 2.82. The first-order valence-corrected chi connectivity index (χ1v) is 7.43. The molecule has 102 valence electrons. The molecular weight excluding hydrogens is 331 g/mol. The highest BCUT2D eigenvalue weighted by Crippen LogP contribution is 2.33. The Bertz CT molecular complexity index is 552. The van der Waals surface area contributed by atoms with Gasteiger partial charge in [0.15, 0.2) is 0 Å². The molecule has 0 unspecified atom stereocenters. The molecule has 0 saturated carbocycles. The normalized spacial score (nSPS) is 11.8. The highest BCUT2D eigenvalue weighted by molar-refractivity contribution is 9.11. The summed E-state index contributed by atoms with van der Waals surface area (Å²) in [5.74, 6) is -0.402. The summed E-state index contributed by atoms with van der Waals surface area (Å²) in [7, 11) is 0. The van der Waals surface area contributed by atoms with Gasteiger partial charge in [-0.3, -0.25) is 0 Å². The third-order valence-electron chi connectivity index (χ3n) is 3.19. The minimum Gasteiger partial charge on any atom is -0.395 e. The molecule has 0 radical (unpaired) electrons. The number of benzene rings is 1. The molecule has 0 fully saturated rings. The molecule has 2 nitrogen and oxygen atoms in total. The van der Waals surface area contributed by atoms with E-state index in [1.165, 1.54) is 17.4 Å². The summed E-state index contributed by atoms with van der Waals surface area (Å²) < 4.78 is 14.9. The molecule has 2 N–H and O–H groups in total. The van der Waals surface area contributed by atoms with Crippen LogP contribution in [0.15, 0.2) is 40.2 Å². The van der Waals surface area contributed by atoms with Crippen LogP contribution in [-0.2, 0) is 11.8 Å². The second-order valence-corrected chi connectivity index (χ2v) is 7.01. The van der Waals surface area contributed by atoms with E-state index in [4.69, 9.17) is 0 Å². The first-order valence-electron chi connectivity index (χ1n) is 5.82. The van der Waals surface area contributed by atoms with Crippen molar-refractivity contribution in [2.75, 3.05) is 13.2 Å². The number of aliphatic hydroxyl groups is 2. The summed E-state index contributed by atoms with van der Waals surface area (Å²) in [6.07, 6.45) is 0.400. The lowest BCUT2D eigenvalue weighted by Gasteiger charge is -2.30. The van der Waals surface area contributed by atoms with Crippen LogP contribution in [0.3, 0.4) is 0 Å². The molecule has 0 aliphatic heterocycles. The van der Waals surface area contributed by atoms with E-state index < -0.39 is 11.2 Å². The Kier molecular flexibility index (Phi) is 4.73. The second-order valence-electron chi connectivity index (χ2n) is 4.46. The minimum atomic E-state index is -0.990. The molecule has 0 amide bonds. The predicted molar refractivity (Wildman–Crippen MR) is 78.0 cm³/mol. The zero-order valence-electron chi connectivity index (χ0n) is 10.1. The molecule has 5 heteroatoms. The van der Waals surface area contributed by atoms with Crippen LogP contribution in [0.5, 0.6) is 0 Å². The van der Waals surface area contributed by atoms with Crippen LogP contribution in [-0.4, -0.2) is 23.4 Å². The van der Waals surface area contributed by atoms with Gasteiger partial charge >= 0.3 is 0 Å². The Morgan fingerprint density at radius 1 is 1.11 bits per heavy atom. The lowest BCUT2D eigenvalue weighted by molar-refractivity contribution is 0.114. The molecule has 0 saturated heterocycles. The van der Waals surface area contributed by atoms with Gasteiger partial charge in [-0.2, -0.15) is 0 Å². The van der Waals surface area contributed by atoms with E-state index in [0.29, 0.717) is 12.0 Å². The Morgan fingerprint density at radius 3 is 2.32 bits per heavy atom. The molecule has 1 aromatic heterocycles. The van der Waals surface area contributed by atoms with Gasteiger partial charge in [-0.1, -0.05) is 18.2 Å². The maximum atomic E-state index is 13.9. The van der Waals surface area contributed by atoms with Crippen LogP contribution in [0, 0.1) is 5.82 Å². The minimum absolute atomic E-state index is 0.306. The number of aliphatic hydroxyl groups excluding tert-OH is 2. The molecule has 0 spiro atoms. The maximum absolute atomic E-state index is 13.9. The fourth-order valence-electron chi connectivity index (χ4n) is 2.10. The zero-order valence-corrected chi connectivity index (χ0v) is 12.5. The van der Waals surface area contributed by atoms with Gasteiger partial charge in [0.2, 0.25) is 0 Å². The fourth-order valence-corrected chi connectivity index (χ4v) is 3.73. The molecule has 19 heavy (non-hydrogen) atoms. The smallest absolute Gasteiger partial charge is 0.127 e. The zero-order chi connectivity index (χ0) is 13.9. The second kappa shape index (κ2) is 6.13. The van der Waals surface area contributed by atoms with Crippen molar-refractivity contribution in [2.45, 2.75) is 11.8 Å². The summed E-state index contributed by atoms with van der Waals surface area (Å²) in [6.45, 7) is -0.611. The number of rotatable bonds is 5. The van der Waals surface area contributed by atoms with E-state index in [-0.39, 0.29) is 13.2 Å². The SMILES string of the molecule is OCC(CO)(Cc1ccc(Br)s1)c1ccccc1F. The van der Waals surface area contributed by atoms with Gasteiger partial charge in [-0.25, -0.2) is 4.39 Å². The first kappa shape index (κ1) is 14.7. The summed E-state index contributed by atoms with van der Waals surface area (Å²) in [6, 6.07) is 10.1. The Morgan fingerprint density at radius 2 is 1.79 bits per heavy atom. The lowest BCUT2D eigenvalue weighted by atomic mass is 9.78. The predicted octanol–water partition coefficient (Wildman–Crippen LogP) is 3.11. The molecule has 2 rings (SSSR count). The number of halogens is 2. The van der Waals surface area contributed by atoms with Crippen molar-refractivity contribution in [2.24, 2.45) is 0 Å². The molecule has 0 aliphatic carbocycles. The van der Waals surface area contributed by atoms with Gasteiger partial charge in [-0.05, 0) is 46.1 Å². The van der Waals surface area contributed by atoms with Crippen molar-refractivity contribution in [3.8, 4) is 0 Å². The van der Waals surface area contributed by atoms with Crippen LogP contribution in [0.1, 0.15) is 10.4 Å². The van der Waals surface area contributed by atoms with Gasteiger partial charge in [0.05, 0.1) is 17.0 Å². The molecule has 0 bridgehead atoms. The summed E-state index contributed by atoms with van der Waals surface area (Å²) in [5.41, 5.74) is -0.639. The van der Waals surface area contributed by atoms with Gasteiger partial charge in [0.1, 0.15) is 5.82 Å². The first-order chi connectivity index (χ1) is 9.11. The standard InChI is InChI=1S/C14H14BrFO2S/c15-13-6-5-10(19-13)7-14(8-17,9-18)11-3-1-2-4-12(11)16/h1-6,17-18H,7-9H2. The average molecular weight is 345 g/mol. The third kappa shape index (κ3) is 3.05. The summed E-state index contributed by atoms with van der Waals surface area (Å²) >= 11 is 4.89. The summed E-state index contributed by atoms with van der Waals surface area (Å²) in [5, 5.41) is 19.4. The van der Waals surface area contributed by atoms with Gasteiger partial charge in [-0.15, -0.1) is 11.3 Å². The van der Waals surface area contributed by atoms with Crippen molar-refractivity contribution in [3.63, 3.8) is 0 Å². The molecular formula is C14H14BrFO2S. The van der Waals surface area contributed by atoms with Gasteiger partial charge < -0.3 is 10.2 Å². The van der Waals surface area contributed by atoms with Crippen molar-refractivity contribution in [1.82, 2.24) is 0 Å². The van der Waals surface area contributed by atoms with E-state index in [9.17, 15) is 14.6 Å². The van der Waals surface area contributed by atoms with E-state index in [1.807, 2.05) is 12.1 Å². The van der Waals surface area contributed by atoms with Crippen LogP contribution in [0.25, 0.3) is 0 Å². The third-order valence-corrected chi connectivity index (χ3v) is 4.82. The monoisotopic (exact) mass is 344 g/mol. The van der Waals surface area contributed by atoms with E-state index >= 15 is 0 Å². The Balaban J connectivity index is 2.40. The Hall–Kier alpha value is -0.750. The van der Waals surface area contributed by atoms with E-state index in [1.54, 1.807) is 18.2 Å². The van der Waals surface area contributed by atoms with Crippen molar-refractivity contribution < 1.29 is 14.6 Å². The molecule has 2 aromatic rings. The molecule has 1 heterocycles. The number of thiophene rings is 1. The van der Waals surface area contributed by atoms with Crippen molar-refractivity contribution in [3.05, 3.63) is 56.4 Å². The van der Waals surface area contributed by atoms with Gasteiger partial charge in [0, 0.05) is 10.3 Å². The topological polar surface area (TPSA) is 40.5 Å². The van der Waals surface area contributed by atoms with Crippen LogP contribution in [0.4, 0.5) is 4.39 Å². The van der Waals surface area contributed by atoms with E-state index in [0.717, 1.165) is 8.66 Å². The van der Waals surface area contributed by atoms with Crippen LogP contribution < -0.4 is 0 Å². The van der Waals surface area contributed by atoms with Crippen molar-refractivity contribution in [1.29, 1.82) is 0 Å². The van der Waals surface area contributed by atoms with E-state index in [2.05, 4.69) is 15.9 Å². The molecule has 0 atom stereocenters. The summed E-state index contributed by atoms with van der Waals surface area (Å²) in [4.78, 5) is 0.984. The lowest BCUT2D eigenvalue weighted by Crippen LogP contribution is -2.38. The van der Waals surface area contributed by atoms with Crippen LogP contribution >= 0.6 is 27.3 Å². The quantitative estimate of drug-likeness (QED) is 0.874. The van der Waals surface area contributed by atoms with Gasteiger partial charge in [0.25, 0.3) is 0 Å². The highest BCUT2D eigenvalue weighted by Gasteiger charge is 2.34. The van der Waals surface area contributed by atoms with Crippen molar-refractivity contribution >= 4 is 27.3 Å². The van der Waals surface area contributed by atoms with Crippen LogP contribution in [0.2, 0.25) is 0 Å². The number of hydrogen-bond acceptors (Lipinski definition) is 3. The largest absolute Gasteiger partial charge is 0.395 e. The highest BCUT2D eigenvalue weighted by atomic mass is 79.9. The number of hydrogen-bond donors (Lipinski definition) is 2.